The Hall–Kier alpha value is -2.47. The molecule has 1 fully saturated rings. The number of carbonyl (C=O) groups is 1. The lowest BCUT2D eigenvalue weighted by Crippen LogP contribution is -2.24. The molecular weight excluding hydrogens is 328 g/mol. The fraction of sp³-hybridized carbons (Fsp3) is 0.450. The molecule has 1 aliphatic rings. The fourth-order valence-electron chi connectivity index (χ4n) is 3.11. The Balaban J connectivity index is 1.49. The molecule has 2 aromatic rings. The Morgan fingerprint density at radius 2 is 2.15 bits per heavy atom. The summed E-state index contributed by atoms with van der Waals surface area (Å²) in [5, 5.41) is 14.2. The summed E-state index contributed by atoms with van der Waals surface area (Å²) in [5.41, 5.74) is 2.27. The van der Waals surface area contributed by atoms with Gasteiger partial charge in [0.05, 0.1) is 11.8 Å². The molecular formula is C20H26N4O2. The summed E-state index contributed by atoms with van der Waals surface area (Å²) in [6.07, 6.45) is 5.93. The van der Waals surface area contributed by atoms with E-state index in [1.165, 1.54) is 12.8 Å². The molecule has 26 heavy (non-hydrogen) atoms. The van der Waals surface area contributed by atoms with Crippen LogP contribution < -0.4 is 10.6 Å². The summed E-state index contributed by atoms with van der Waals surface area (Å²) in [4.78, 5) is 12.4. The van der Waals surface area contributed by atoms with Crippen LogP contribution in [0.15, 0.2) is 36.4 Å². The normalized spacial score (nSPS) is 16.4. The van der Waals surface area contributed by atoms with Crippen LogP contribution in [0.25, 0.3) is 11.3 Å². The van der Waals surface area contributed by atoms with Crippen molar-refractivity contribution in [2.75, 3.05) is 25.5 Å². The summed E-state index contributed by atoms with van der Waals surface area (Å²) in [7, 11) is 1.80. The summed E-state index contributed by atoms with van der Waals surface area (Å²) >= 11 is 0. The first-order chi connectivity index (χ1) is 12.8. The maximum atomic E-state index is 12.4. The lowest BCUT2D eigenvalue weighted by molar-refractivity contribution is 0.0947. The SMILES string of the molecule is CNc1ccc(-c2cccc(C(=O)NCCCCC3CCCO3)c2)nn1. The van der Waals surface area contributed by atoms with Crippen molar-refractivity contribution >= 4 is 11.7 Å². The van der Waals surface area contributed by atoms with Gasteiger partial charge in [-0.15, -0.1) is 10.2 Å². The molecule has 6 nitrogen and oxygen atoms in total. The molecule has 3 rings (SSSR count). The van der Waals surface area contributed by atoms with Crippen molar-refractivity contribution in [2.45, 2.75) is 38.2 Å². The van der Waals surface area contributed by atoms with Crippen LogP contribution in [0.4, 0.5) is 5.82 Å². The number of carbonyl (C=O) groups excluding carboxylic acids is 1. The van der Waals surface area contributed by atoms with E-state index in [1.54, 1.807) is 7.05 Å². The van der Waals surface area contributed by atoms with Crippen LogP contribution in [-0.2, 0) is 4.74 Å². The van der Waals surface area contributed by atoms with Crippen molar-refractivity contribution in [1.29, 1.82) is 0 Å². The molecule has 0 bridgehead atoms. The summed E-state index contributed by atoms with van der Waals surface area (Å²) in [6, 6.07) is 11.2. The molecule has 0 aliphatic carbocycles. The molecule has 138 valence electrons. The second-order valence-electron chi connectivity index (χ2n) is 6.52. The van der Waals surface area contributed by atoms with E-state index < -0.39 is 0 Å². The Labute approximate surface area is 154 Å². The molecule has 0 radical (unpaired) electrons. The molecule has 1 aromatic carbocycles. The van der Waals surface area contributed by atoms with Gasteiger partial charge in [-0.3, -0.25) is 4.79 Å². The standard InChI is InChI=1S/C20H26N4O2/c1-21-19-11-10-18(23-24-19)15-6-4-7-16(14-15)20(25)22-12-3-2-8-17-9-5-13-26-17/h4,6-7,10-11,14,17H,2-3,5,8-9,12-13H2,1H3,(H,21,24)(H,22,25). The third-order valence-electron chi connectivity index (χ3n) is 4.60. The largest absolute Gasteiger partial charge is 0.378 e. The molecule has 1 saturated heterocycles. The molecule has 0 saturated carbocycles. The van der Waals surface area contributed by atoms with E-state index >= 15 is 0 Å². The Bertz CT molecular complexity index is 712. The second-order valence-corrected chi connectivity index (χ2v) is 6.52. The summed E-state index contributed by atoms with van der Waals surface area (Å²) < 4.78 is 5.62. The predicted molar refractivity (Wildman–Crippen MR) is 102 cm³/mol. The number of nitrogens with one attached hydrogen (secondary N) is 2. The van der Waals surface area contributed by atoms with E-state index in [-0.39, 0.29) is 5.91 Å². The Morgan fingerprint density at radius 1 is 1.23 bits per heavy atom. The van der Waals surface area contributed by atoms with Crippen LogP contribution in [-0.4, -0.2) is 42.4 Å². The Morgan fingerprint density at radius 3 is 2.88 bits per heavy atom. The highest BCUT2D eigenvalue weighted by atomic mass is 16.5. The third-order valence-corrected chi connectivity index (χ3v) is 4.60. The average Bonchev–Trinajstić information content (AvgIpc) is 3.21. The number of ether oxygens (including phenoxy) is 1. The van der Waals surface area contributed by atoms with Gasteiger partial charge in [-0.05, 0) is 56.4 Å². The first kappa shape index (κ1) is 18.3. The summed E-state index contributed by atoms with van der Waals surface area (Å²) in [5.74, 6) is 0.662. The molecule has 1 unspecified atom stereocenters. The number of aromatic nitrogens is 2. The van der Waals surface area contributed by atoms with Gasteiger partial charge >= 0.3 is 0 Å². The van der Waals surface area contributed by atoms with Gasteiger partial charge in [-0.1, -0.05) is 12.1 Å². The highest BCUT2D eigenvalue weighted by Gasteiger charge is 2.14. The number of nitrogens with zero attached hydrogens (tertiary/aromatic N) is 2. The average molecular weight is 354 g/mol. The van der Waals surface area contributed by atoms with E-state index in [4.69, 9.17) is 4.74 Å². The number of anilines is 1. The van der Waals surface area contributed by atoms with Crippen molar-refractivity contribution < 1.29 is 9.53 Å². The lowest BCUT2D eigenvalue weighted by atomic mass is 10.1. The van der Waals surface area contributed by atoms with Gasteiger partial charge in [0, 0.05) is 31.3 Å². The van der Waals surface area contributed by atoms with Gasteiger partial charge in [0.2, 0.25) is 0 Å². The molecule has 1 amide bonds. The fourth-order valence-corrected chi connectivity index (χ4v) is 3.11. The maximum Gasteiger partial charge on any atom is 0.251 e. The first-order valence-electron chi connectivity index (χ1n) is 9.28. The minimum atomic E-state index is -0.0521. The first-order valence-corrected chi connectivity index (χ1v) is 9.28. The molecule has 1 aromatic heterocycles. The number of benzene rings is 1. The molecule has 1 atom stereocenters. The smallest absolute Gasteiger partial charge is 0.251 e. The van der Waals surface area contributed by atoms with E-state index in [0.717, 1.165) is 37.1 Å². The molecule has 1 aliphatic heterocycles. The van der Waals surface area contributed by atoms with Crippen molar-refractivity contribution in [3.8, 4) is 11.3 Å². The van der Waals surface area contributed by atoms with Crippen LogP contribution >= 0.6 is 0 Å². The zero-order valence-electron chi connectivity index (χ0n) is 15.2. The second kappa shape index (κ2) is 9.29. The predicted octanol–water partition coefficient (Wildman–Crippen LogP) is 3.26. The summed E-state index contributed by atoms with van der Waals surface area (Å²) in [6.45, 7) is 1.59. The van der Waals surface area contributed by atoms with Gasteiger partial charge in [-0.25, -0.2) is 0 Å². The molecule has 2 heterocycles. The van der Waals surface area contributed by atoms with Crippen LogP contribution in [0.1, 0.15) is 42.5 Å². The zero-order chi connectivity index (χ0) is 18.2. The van der Waals surface area contributed by atoms with Crippen molar-refractivity contribution in [1.82, 2.24) is 15.5 Å². The van der Waals surface area contributed by atoms with Gasteiger partial charge < -0.3 is 15.4 Å². The topological polar surface area (TPSA) is 76.1 Å². The van der Waals surface area contributed by atoms with Crippen LogP contribution in [0.3, 0.4) is 0 Å². The zero-order valence-corrected chi connectivity index (χ0v) is 15.2. The van der Waals surface area contributed by atoms with E-state index in [0.29, 0.717) is 24.0 Å². The minimum Gasteiger partial charge on any atom is -0.378 e. The van der Waals surface area contributed by atoms with E-state index in [9.17, 15) is 4.79 Å². The quantitative estimate of drug-likeness (QED) is 0.712. The number of rotatable bonds is 8. The molecule has 6 heteroatoms. The van der Waals surface area contributed by atoms with Crippen LogP contribution in [0, 0.1) is 0 Å². The maximum absolute atomic E-state index is 12.4. The van der Waals surface area contributed by atoms with Gasteiger partial charge in [0.1, 0.15) is 5.82 Å². The van der Waals surface area contributed by atoms with Gasteiger partial charge in [-0.2, -0.15) is 0 Å². The van der Waals surface area contributed by atoms with Gasteiger partial charge in [0.25, 0.3) is 5.91 Å². The van der Waals surface area contributed by atoms with E-state index in [1.807, 2.05) is 36.4 Å². The number of unbranched alkanes of at least 4 members (excludes halogenated alkanes) is 1. The van der Waals surface area contributed by atoms with Crippen molar-refractivity contribution in [3.63, 3.8) is 0 Å². The van der Waals surface area contributed by atoms with Gasteiger partial charge in [0.15, 0.2) is 0 Å². The number of hydrogen-bond donors (Lipinski definition) is 2. The lowest BCUT2D eigenvalue weighted by Gasteiger charge is -2.09. The minimum absolute atomic E-state index is 0.0521. The molecule has 2 N–H and O–H groups in total. The van der Waals surface area contributed by atoms with Crippen LogP contribution in [0.5, 0.6) is 0 Å². The van der Waals surface area contributed by atoms with Crippen molar-refractivity contribution in [2.24, 2.45) is 0 Å². The molecule has 0 spiro atoms. The highest BCUT2D eigenvalue weighted by molar-refractivity contribution is 5.95. The number of hydrogen-bond acceptors (Lipinski definition) is 5. The highest BCUT2D eigenvalue weighted by Crippen LogP contribution is 2.19. The number of amides is 1. The monoisotopic (exact) mass is 354 g/mol. The van der Waals surface area contributed by atoms with E-state index in [2.05, 4.69) is 20.8 Å². The van der Waals surface area contributed by atoms with Crippen LogP contribution in [0.2, 0.25) is 0 Å². The van der Waals surface area contributed by atoms with Crippen molar-refractivity contribution in [3.05, 3.63) is 42.0 Å². The third kappa shape index (κ3) is 5.02. The Kier molecular flexibility index (Phi) is 6.55.